The molecule has 0 saturated carbocycles. The molecule has 2 aromatic heterocycles. The number of amides is 1. The van der Waals surface area contributed by atoms with E-state index in [1.807, 2.05) is 6.07 Å². The summed E-state index contributed by atoms with van der Waals surface area (Å²) in [5.74, 6) is 0.490. The van der Waals surface area contributed by atoms with Crippen LogP contribution in [0.5, 0.6) is 0 Å². The Morgan fingerprint density at radius 2 is 2.14 bits per heavy atom. The van der Waals surface area contributed by atoms with Crippen LogP contribution in [-0.2, 0) is 20.8 Å². The standard InChI is InChI=1S/C20H24N6O3/c27-20(14-3-6-29-12-14)24-17-10-21-25-18(17)19-22-15-2-1-13(9-16(15)23-19)11-26-4-7-28-8-5-26/h1-2,9-10,14H,3-8,11-12H2,(H,21,25)(H,22,23)(H,24,27). The van der Waals surface area contributed by atoms with Crippen molar-refractivity contribution in [1.82, 2.24) is 25.1 Å². The number of morpholine rings is 1. The SMILES string of the molecule is O=C(Nc1cn[nH]c1-c1nc2ccc(CN3CCOCC3)cc2[nH]1)C1CCOC1. The number of fused-ring (bicyclic) bond motifs is 1. The van der Waals surface area contributed by atoms with Gasteiger partial charge in [-0.05, 0) is 24.1 Å². The number of ether oxygens (including phenoxy) is 2. The van der Waals surface area contributed by atoms with E-state index in [1.165, 1.54) is 5.56 Å². The number of aromatic nitrogens is 4. The van der Waals surface area contributed by atoms with Gasteiger partial charge >= 0.3 is 0 Å². The smallest absolute Gasteiger partial charge is 0.230 e. The van der Waals surface area contributed by atoms with E-state index in [2.05, 4.69) is 42.5 Å². The van der Waals surface area contributed by atoms with Gasteiger partial charge in [-0.1, -0.05) is 6.07 Å². The Balaban J connectivity index is 1.35. The van der Waals surface area contributed by atoms with Crippen LogP contribution in [0.15, 0.2) is 24.4 Å². The maximum absolute atomic E-state index is 12.4. The summed E-state index contributed by atoms with van der Waals surface area (Å²) in [5, 5.41) is 9.99. The average molecular weight is 396 g/mol. The first-order valence-electron chi connectivity index (χ1n) is 9.97. The van der Waals surface area contributed by atoms with Crippen LogP contribution in [0.1, 0.15) is 12.0 Å². The van der Waals surface area contributed by atoms with Gasteiger partial charge in [-0.25, -0.2) is 4.98 Å². The number of hydrogen-bond donors (Lipinski definition) is 3. The quantitative estimate of drug-likeness (QED) is 0.607. The van der Waals surface area contributed by atoms with Crippen LogP contribution in [0.4, 0.5) is 5.69 Å². The summed E-state index contributed by atoms with van der Waals surface area (Å²) in [6.45, 7) is 5.48. The van der Waals surface area contributed by atoms with Crippen LogP contribution < -0.4 is 5.32 Å². The highest BCUT2D eigenvalue weighted by Crippen LogP contribution is 2.27. The van der Waals surface area contributed by atoms with Crippen molar-refractivity contribution < 1.29 is 14.3 Å². The Bertz CT molecular complexity index is 1000. The molecule has 3 N–H and O–H groups in total. The number of hydrogen-bond acceptors (Lipinski definition) is 6. The zero-order valence-corrected chi connectivity index (χ0v) is 16.1. The van der Waals surface area contributed by atoms with Crippen LogP contribution in [0.2, 0.25) is 0 Å². The fraction of sp³-hybridized carbons (Fsp3) is 0.450. The Labute approximate surface area is 167 Å². The second-order valence-electron chi connectivity index (χ2n) is 7.53. The molecule has 5 rings (SSSR count). The summed E-state index contributed by atoms with van der Waals surface area (Å²) in [6.07, 6.45) is 2.36. The molecule has 3 aromatic rings. The van der Waals surface area contributed by atoms with Crippen molar-refractivity contribution in [3.63, 3.8) is 0 Å². The van der Waals surface area contributed by atoms with E-state index in [0.29, 0.717) is 30.4 Å². The van der Waals surface area contributed by atoms with Gasteiger partial charge in [-0.3, -0.25) is 14.8 Å². The molecule has 29 heavy (non-hydrogen) atoms. The normalized spacial score (nSPS) is 20.3. The number of aromatic amines is 2. The number of nitrogens with one attached hydrogen (secondary N) is 3. The molecule has 1 atom stereocenters. The third-order valence-corrected chi connectivity index (χ3v) is 5.49. The average Bonchev–Trinajstić information content (AvgIpc) is 3.48. The van der Waals surface area contributed by atoms with Crippen molar-refractivity contribution in [2.75, 3.05) is 44.8 Å². The Morgan fingerprint density at radius 1 is 1.24 bits per heavy atom. The Morgan fingerprint density at radius 3 is 2.97 bits per heavy atom. The molecule has 1 amide bonds. The minimum atomic E-state index is -0.115. The van der Waals surface area contributed by atoms with Crippen LogP contribution in [0.3, 0.4) is 0 Å². The Hall–Kier alpha value is -2.75. The van der Waals surface area contributed by atoms with Gasteiger partial charge in [0.2, 0.25) is 5.91 Å². The Kier molecular flexibility index (Phi) is 5.01. The molecular weight excluding hydrogens is 372 g/mol. The first-order chi connectivity index (χ1) is 14.3. The van der Waals surface area contributed by atoms with E-state index in [4.69, 9.17) is 9.47 Å². The minimum absolute atomic E-state index is 0.0472. The van der Waals surface area contributed by atoms with Crippen LogP contribution in [0, 0.1) is 5.92 Å². The first-order valence-corrected chi connectivity index (χ1v) is 9.97. The van der Waals surface area contributed by atoms with Gasteiger partial charge in [0, 0.05) is 26.2 Å². The fourth-order valence-corrected chi connectivity index (χ4v) is 3.83. The molecule has 9 heteroatoms. The van der Waals surface area contributed by atoms with Gasteiger partial charge in [0.25, 0.3) is 0 Å². The minimum Gasteiger partial charge on any atom is -0.381 e. The summed E-state index contributed by atoms with van der Waals surface area (Å²) in [4.78, 5) is 22.8. The van der Waals surface area contributed by atoms with Crippen LogP contribution in [0.25, 0.3) is 22.6 Å². The number of benzene rings is 1. The van der Waals surface area contributed by atoms with E-state index in [1.54, 1.807) is 6.20 Å². The number of nitrogens with zero attached hydrogens (tertiary/aromatic N) is 3. The van der Waals surface area contributed by atoms with Crippen molar-refractivity contribution in [2.45, 2.75) is 13.0 Å². The molecule has 0 aliphatic carbocycles. The van der Waals surface area contributed by atoms with Gasteiger partial charge in [0.1, 0.15) is 5.69 Å². The van der Waals surface area contributed by atoms with Crippen molar-refractivity contribution in [2.24, 2.45) is 5.92 Å². The lowest BCUT2D eigenvalue weighted by molar-refractivity contribution is -0.119. The predicted octanol–water partition coefficient (Wildman–Crippen LogP) is 1.76. The number of carbonyl (C=O) groups excluding carboxylic acids is 1. The maximum Gasteiger partial charge on any atom is 0.230 e. The number of H-pyrrole nitrogens is 2. The van der Waals surface area contributed by atoms with E-state index < -0.39 is 0 Å². The number of carbonyl (C=O) groups is 1. The first kappa shape index (κ1) is 18.3. The number of imidazole rings is 1. The highest BCUT2D eigenvalue weighted by Gasteiger charge is 2.25. The zero-order chi connectivity index (χ0) is 19.6. The summed E-state index contributed by atoms with van der Waals surface area (Å²) < 4.78 is 10.7. The molecule has 4 heterocycles. The van der Waals surface area contributed by atoms with E-state index >= 15 is 0 Å². The third kappa shape index (κ3) is 3.89. The fourth-order valence-electron chi connectivity index (χ4n) is 3.83. The summed E-state index contributed by atoms with van der Waals surface area (Å²) >= 11 is 0. The van der Waals surface area contributed by atoms with E-state index in [0.717, 1.165) is 50.3 Å². The van der Waals surface area contributed by atoms with Crippen molar-refractivity contribution in [3.05, 3.63) is 30.0 Å². The van der Waals surface area contributed by atoms with E-state index in [9.17, 15) is 4.79 Å². The number of rotatable bonds is 5. The topological polar surface area (TPSA) is 108 Å². The molecule has 2 aliphatic heterocycles. The second kappa shape index (κ2) is 7.94. The lowest BCUT2D eigenvalue weighted by Gasteiger charge is -2.26. The van der Waals surface area contributed by atoms with Gasteiger partial charge < -0.3 is 19.8 Å². The van der Waals surface area contributed by atoms with Gasteiger partial charge in [0.15, 0.2) is 5.82 Å². The molecule has 0 radical (unpaired) electrons. The summed E-state index contributed by atoms with van der Waals surface area (Å²) in [6, 6.07) is 6.26. The molecule has 152 valence electrons. The second-order valence-corrected chi connectivity index (χ2v) is 7.53. The predicted molar refractivity (Wildman–Crippen MR) is 107 cm³/mol. The van der Waals surface area contributed by atoms with Crippen molar-refractivity contribution in [1.29, 1.82) is 0 Å². The molecule has 0 spiro atoms. The molecular formula is C20H24N6O3. The molecule has 2 fully saturated rings. The highest BCUT2D eigenvalue weighted by atomic mass is 16.5. The van der Waals surface area contributed by atoms with Gasteiger partial charge in [-0.15, -0.1) is 0 Å². The maximum atomic E-state index is 12.4. The summed E-state index contributed by atoms with van der Waals surface area (Å²) in [5.41, 5.74) is 4.36. The summed E-state index contributed by atoms with van der Waals surface area (Å²) in [7, 11) is 0. The molecule has 1 aromatic carbocycles. The molecule has 1 unspecified atom stereocenters. The monoisotopic (exact) mass is 396 g/mol. The zero-order valence-electron chi connectivity index (χ0n) is 16.1. The lowest BCUT2D eigenvalue weighted by Crippen LogP contribution is -2.35. The highest BCUT2D eigenvalue weighted by molar-refractivity contribution is 5.96. The van der Waals surface area contributed by atoms with Gasteiger partial charge in [0.05, 0.1) is 48.7 Å². The van der Waals surface area contributed by atoms with Crippen molar-refractivity contribution >= 4 is 22.6 Å². The lowest BCUT2D eigenvalue weighted by atomic mass is 10.1. The molecule has 9 nitrogen and oxygen atoms in total. The molecule has 0 bridgehead atoms. The number of anilines is 1. The molecule has 2 saturated heterocycles. The third-order valence-electron chi connectivity index (χ3n) is 5.49. The van der Waals surface area contributed by atoms with E-state index in [-0.39, 0.29) is 11.8 Å². The molecule has 2 aliphatic rings. The largest absolute Gasteiger partial charge is 0.381 e. The van der Waals surface area contributed by atoms with Crippen LogP contribution in [-0.4, -0.2) is 70.5 Å². The van der Waals surface area contributed by atoms with Gasteiger partial charge in [-0.2, -0.15) is 5.10 Å². The van der Waals surface area contributed by atoms with Crippen molar-refractivity contribution in [3.8, 4) is 11.5 Å². The van der Waals surface area contributed by atoms with Crippen LogP contribution >= 0.6 is 0 Å².